The standard InChI is InChI=1S/C13H18N2O3S/c1-15(10-2-6-12(16)7-3-10)11-4-8-13(9-5-11)19(14,17)18/h4-5,8-10H,2-3,6-7H2,1H3,(H2,14,17,18). The molecule has 5 nitrogen and oxygen atoms in total. The number of nitrogens with two attached hydrogens (primary N) is 1. The van der Waals surface area contributed by atoms with Crippen LogP contribution in [0.25, 0.3) is 0 Å². The van der Waals surface area contributed by atoms with E-state index in [0.717, 1.165) is 18.5 Å². The molecule has 0 unspecified atom stereocenters. The van der Waals surface area contributed by atoms with Gasteiger partial charge in [-0.3, -0.25) is 4.79 Å². The molecular formula is C13H18N2O3S. The molecule has 1 aromatic carbocycles. The van der Waals surface area contributed by atoms with E-state index in [-0.39, 0.29) is 4.90 Å². The van der Waals surface area contributed by atoms with Gasteiger partial charge in [0, 0.05) is 31.6 Å². The first-order valence-corrected chi connectivity index (χ1v) is 7.80. The third-order valence-corrected chi connectivity index (χ3v) is 4.56. The SMILES string of the molecule is CN(c1ccc(S(N)(=O)=O)cc1)C1CCC(=O)CC1. The predicted octanol–water partition coefficient (Wildman–Crippen LogP) is 1.28. The lowest BCUT2D eigenvalue weighted by Gasteiger charge is -2.32. The van der Waals surface area contributed by atoms with E-state index in [4.69, 9.17) is 5.14 Å². The second-order valence-corrected chi connectivity index (χ2v) is 6.48. The van der Waals surface area contributed by atoms with E-state index in [2.05, 4.69) is 4.90 Å². The van der Waals surface area contributed by atoms with E-state index >= 15 is 0 Å². The maximum atomic E-state index is 11.2. The zero-order valence-corrected chi connectivity index (χ0v) is 11.7. The summed E-state index contributed by atoms with van der Waals surface area (Å²) in [6, 6.07) is 6.84. The fourth-order valence-electron chi connectivity index (χ4n) is 2.39. The molecule has 19 heavy (non-hydrogen) atoms. The largest absolute Gasteiger partial charge is 0.372 e. The van der Waals surface area contributed by atoms with Crippen LogP contribution in [0.1, 0.15) is 25.7 Å². The van der Waals surface area contributed by atoms with Gasteiger partial charge in [0.15, 0.2) is 0 Å². The summed E-state index contributed by atoms with van der Waals surface area (Å²) >= 11 is 0. The van der Waals surface area contributed by atoms with Gasteiger partial charge >= 0.3 is 0 Å². The first-order chi connectivity index (χ1) is 8.88. The van der Waals surface area contributed by atoms with Crippen molar-refractivity contribution in [1.82, 2.24) is 0 Å². The van der Waals surface area contributed by atoms with Crippen LogP contribution in [0.5, 0.6) is 0 Å². The highest BCUT2D eigenvalue weighted by molar-refractivity contribution is 7.89. The second-order valence-electron chi connectivity index (χ2n) is 4.92. The van der Waals surface area contributed by atoms with Gasteiger partial charge in [0.1, 0.15) is 5.78 Å². The van der Waals surface area contributed by atoms with Crippen LogP contribution in [0, 0.1) is 0 Å². The quantitative estimate of drug-likeness (QED) is 0.905. The molecule has 0 radical (unpaired) electrons. The van der Waals surface area contributed by atoms with Crippen LogP contribution in [-0.4, -0.2) is 27.3 Å². The van der Waals surface area contributed by atoms with Crippen molar-refractivity contribution in [2.45, 2.75) is 36.6 Å². The molecule has 0 spiro atoms. The van der Waals surface area contributed by atoms with Gasteiger partial charge in [-0.15, -0.1) is 0 Å². The van der Waals surface area contributed by atoms with Crippen LogP contribution in [0.4, 0.5) is 5.69 Å². The van der Waals surface area contributed by atoms with Crippen molar-refractivity contribution in [2.24, 2.45) is 5.14 Å². The van der Waals surface area contributed by atoms with Gasteiger partial charge in [-0.2, -0.15) is 0 Å². The number of carbonyl (C=O) groups is 1. The molecule has 1 fully saturated rings. The van der Waals surface area contributed by atoms with Gasteiger partial charge in [-0.1, -0.05) is 0 Å². The Balaban J connectivity index is 2.11. The second kappa shape index (κ2) is 5.30. The molecule has 1 aromatic rings. The fraction of sp³-hybridized carbons (Fsp3) is 0.462. The van der Waals surface area contributed by atoms with E-state index in [1.54, 1.807) is 12.1 Å². The maximum Gasteiger partial charge on any atom is 0.238 e. The number of benzene rings is 1. The molecule has 1 saturated carbocycles. The number of rotatable bonds is 3. The van der Waals surface area contributed by atoms with Crippen molar-refractivity contribution < 1.29 is 13.2 Å². The number of hydrogen-bond donors (Lipinski definition) is 1. The summed E-state index contributed by atoms with van der Waals surface area (Å²) in [4.78, 5) is 13.4. The van der Waals surface area contributed by atoms with Gasteiger partial charge in [0.2, 0.25) is 10.0 Å². The van der Waals surface area contributed by atoms with Gasteiger partial charge < -0.3 is 4.90 Å². The maximum absolute atomic E-state index is 11.2. The lowest BCUT2D eigenvalue weighted by atomic mass is 9.93. The number of carbonyl (C=O) groups excluding carboxylic acids is 1. The molecule has 2 N–H and O–H groups in total. The number of sulfonamides is 1. The highest BCUT2D eigenvalue weighted by Crippen LogP contribution is 2.25. The Bertz CT molecular complexity index is 556. The molecule has 2 rings (SSSR count). The summed E-state index contributed by atoms with van der Waals surface area (Å²) in [6.07, 6.45) is 2.97. The Kier molecular flexibility index (Phi) is 3.91. The molecule has 0 atom stereocenters. The summed E-state index contributed by atoms with van der Waals surface area (Å²) in [6.45, 7) is 0. The molecule has 0 saturated heterocycles. The molecule has 6 heteroatoms. The molecule has 104 valence electrons. The first-order valence-electron chi connectivity index (χ1n) is 6.25. The monoisotopic (exact) mass is 282 g/mol. The first kappa shape index (κ1) is 14.0. The molecule has 1 aliphatic carbocycles. The van der Waals surface area contributed by atoms with E-state index < -0.39 is 10.0 Å². The minimum Gasteiger partial charge on any atom is -0.372 e. The molecule has 0 amide bonds. The van der Waals surface area contributed by atoms with Crippen LogP contribution < -0.4 is 10.0 Å². The van der Waals surface area contributed by atoms with Crippen LogP contribution in [0.15, 0.2) is 29.2 Å². The van der Waals surface area contributed by atoms with E-state index in [1.165, 1.54) is 12.1 Å². The highest BCUT2D eigenvalue weighted by atomic mass is 32.2. The zero-order valence-electron chi connectivity index (χ0n) is 10.9. The topological polar surface area (TPSA) is 80.5 Å². The van der Waals surface area contributed by atoms with Crippen molar-refractivity contribution in [3.63, 3.8) is 0 Å². The molecule has 0 bridgehead atoms. The predicted molar refractivity (Wildman–Crippen MR) is 73.5 cm³/mol. The highest BCUT2D eigenvalue weighted by Gasteiger charge is 2.22. The zero-order chi connectivity index (χ0) is 14.0. The Labute approximate surface area is 113 Å². The molecule has 1 aliphatic rings. The summed E-state index contributed by atoms with van der Waals surface area (Å²) in [5.41, 5.74) is 0.937. The average Bonchev–Trinajstić information content (AvgIpc) is 2.38. The number of nitrogens with zero attached hydrogens (tertiary/aromatic N) is 1. The van der Waals surface area contributed by atoms with E-state index in [0.29, 0.717) is 24.7 Å². The number of hydrogen-bond acceptors (Lipinski definition) is 4. The lowest BCUT2D eigenvalue weighted by molar-refractivity contribution is -0.120. The smallest absolute Gasteiger partial charge is 0.238 e. The van der Waals surface area contributed by atoms with Gasteiger partial charge in [0.05, 0.1) is 4.90 Å². The summed E-state index contributed by atoms with van der Waals surface area (Å²) in [5, 5.41) is 5.06. The van der Waals surface area contributed by atoms with Crippen LogP contribution in [0.3, 0.4) is 0 Å². The summed E-state index contributed by atoms with van der Waals surface area (Å²) in [7, 11) is -1.68. The Morgan fingerprint density at radius 1 is 1.16 bits per heavy atom. The lowest BCUT2D eigenvalue weighted by Crippen LogP contribution is -2.35. The van der Waals surface area contributed by atoms with E-state index in [1.807, 2.05) is 7.05 Å². The average molecular weight is 282 g/mol. The minimum absolute atomic E-state index is 0.114. The minimum atomic E-state index is -3.64. The van der Waals surface area contributed by atoms with Crippen molar-refractivity contribution >= 4 is 21.5 Å². The number of ketones is 1. The third-order valence-electron chi connectivity index (χ3n) is 3.63. The number of primary sulfonamides is 1. The molecule has 0 aromatic heterocycles. The van der Waals surface area contributed by atoms with E-state index in [9.17, 15) is 13.2 Å². The van der Waals surface area contributed by atoms with Crippen molar-refractivity contribution in [3.05, 3.63) is 24.3 Å². The number of anilines is 1. The third kappa shape index (κ3) is 3.33. The summed E-state index contributed by atoms with van der Waals surface area (Å²) < 4.78 is 22.4. The summed E-state index contributed by atoms with van der Waals surface area (Å²) in [5.74, 6) is 0.328. The molecule has 0 aliphatic heterocycles. The molecular weight excluding hydrogens is 264 g/mol. The number of Topliss-reactive ketones (excluding diaryl/α,β-unsaturated/α-hetero) is 1. The van der Waals surface area contributed by atoms with Gasteiger partial charge in [-0.05, 0) is 37.1 Å². The fourth-order valence-corrected chi connectivity index (χ4v) is 2.91. The Hall–Kier alpha value is -1.40. The van der Waals surface area contributed by atoms with Crippen molar-refractivity contribution in [2.75, 3.05) is 11.9 Å². The van der Waals surface area contributed by atoms with Crippen LogP contribution in [-0.2, 0) is 14.8 Å². The van der Waals surface area contributed by atoms with Crippen molar-refractivity contribution in [3.8, 4) is 0 Å². The van der Waals surface area contributed by atoms with Crippen LogP contribution in [0.2, 0.25) is 0 Å². The normalized spacial score (nSPS) is 17.5. The Morgan fingerprint density at radius 2 is 1.68 bits per heavy atom. The molecule has 0 heterocycles. The Morgan fingerprint density at radius 3 is 2.16 bits per heavy atom. The van der Waals surface area contributed by atoms with Crippen LogP contribution >= 0.6 is 0 Å². The van der Waals surface area contributed by atoms with Gasteiger partial charge in [-0.25, -0.2) is 13.6 Å². The van der Waals surface area contributed by atoms with Crippen molar-refractivity contribution in [1.29, 1.82) is 0 Å². The van der Waals surface area contributed by atoms with Gasteiger partial charge in [0.25, 0.3) is 0 Å².